The predicted molar refractivity (Wildman–Crippen MR) is 116 cm³/mol. The van der Waals surface area contributed by atoms with Crippen molar-refractivity contribution in [1.82, 2.24) is 10.4 Å². The minimum Gasteiger partial charge on any atom is -0.495 e. The van der Waals surface area contributed by atoms with Gasteiger partial charge >= 0.3 is 5.97 Å². The molecule has 1 saturated heterocycles. The highest BCUT2D eigenvalue weighted by Gasteiger charge is 2.37. The number of hydrogen-bond donors (Lipinski definition) is 2. The summed E-state index contributed by atoms with van der Waals surface area (Å²) in [4.78, 5) is 49.0. The maximum Gasteiger partial charge on any atom is 0.311 e. The maximum absolute atomic E-state index is 12.4. The summed E-state index contributed by atoms with van der Waals surface area (Å²) >= 11 is 11.8. The zero-order valence-electron chi connectivity index (χ0n) is 16.9. The molecule has 0 saturated carbocycles. The number of hydrazine groups is 1. The maximum atomic E-state index is 12.4. The summed E-state index contributed by atoms with van der Waals surface area (Å²) in [7, 11) is 1.47. The zero-order chi connectivity index (χ0) is 23.3. The lowest BCUT2D eigenvalue weighted by atomic mass is 10.1. The number of carbonyl (C=O) groups is 4. The predicted octanol–water partition coefficient (Wildman–Crippen LogP) is 2.68. The molecule has 1 aliphatic heterocycles. The number of hydrogen-bond acceptors (Lipinski definition) is 6. The molecule has 1 fully saturated rings. The molecule has 0 aromatic heterocycles. The Morgan fingerprint density at radius 3 is 2.62 bits per heavy atom. The molecule has 3 rings (SSSR count). The number of benzene rings is 2. The normalized spacial score (nSPS) is 15.3. The number of nitrogens with one attached hydrogen (secondary N) is 2. The average Bonchev–Trinajstić information content (AvgIpc) is 3.12. The Morgan fingerprint density at radius 1 is 1.16 bits per heavy atom. The van der Waals surface area contributed by atoms with Crippen LogP contribution in [0, 0.1) is 5.92 Å². The molecule has 0 spiro atoms. The van der Waals surface area contributed by atoms with E-state index in [2.05, 4.69) is 10.7 Å². The number of amides is 3. The number of nitrogens with zero attached hydrogens (tertiary/aromatic N) is 1. The average molecular weight is 480 g/mol. The Bertz CT molecular complexity index is 1060. The van der Waals surface area contributed by atoms with E-state index in [-0.39, 0.29) is 23.6 Å². The first-order chi connectivity index (χ1) is 15.3. The number of para-hydroxylation sites is 2. The second kappa shape index (κ2) is 10.3. The van der Waals surface area contributed by atoms with Gasteiger partial charge in [-0.05, 0) is 30.3 Å². The molecule has 11 heteroatoms. The first kappa shape index (κ1) is 23.4. The number of carbonyl (C=O) groups excluding carboxylic acids is 4. The summed E-state index contributed by atoms with van der Waals surface area (Å²) in [5.41, 5.74) is 2.98. The van der Waals surface area contributed by atoms with Crippen LogP contribution in [0.3, 0.4) is 0 Å². The van der Waals surface area contributed by atoms with Gasteiger partial charge in [-0.25, -0.2) is 0 Å². The number of ether oxygens (including phenoxy) is 2. The second-order valence-electron chi connectivity index (χ2n) is 6.83. The molecule has 168 valence electrons. The lowest BCUT2D eigenvalue weighted by Crippen LogP contribution is -2.43. The molecule has 0 unspecified atom stereocenters. The van der Waals surface area contributed by atoms with Crippen LogP contribution in [0.1, 0.15) is 16.8 Å². The Kier molecular flexibility index (Phi) is 7.55. The van der Waals surface area contributed by atoms with Crippen LogP contribution in [0.4, 0.5) is 5.69 Å². The van der Waals surface area contributed by atoms with Gasteiger partial charge in [0.2, 0.25) is 5.91 Å². The fraction of sp³-hybridized carbons (Fsp3) is 0.238. The van der Waals surface area contributed by atoms with Gasteiger partial charge in [-0.3, -0.25) is 29.6 Å². The SMILES string of the molecule is COc1ccccc1NC(=O)COC(=O)[C@H]1CC(=O)N(NC(=O)c2ccc(Cl)cc2Cl)C1. The van der Waals surface area contributed by atoms with Gasteiger partial charge in [0.15, 0.2) is 6.61 Å². The van der Waals surface area contributed by atoms with Gasteiger partial charge in [0, 0.05) is 11.4 Å². The first-order valence-corrected chi connectivity index (χ1v) is 10.2. The minimum absolute atomic E-state index is 0.0945. The van der Waals surface area contributed by atoms with Gasteiger partial charge in [0.25, 0.3) is 11.8 Å². The largest absolute Gasteiger partial charge is 0.495 e. The molecule has 2 aromatic rings. The smallest absolute Gasteiger partial charge is 0.311 e. The first-order valence-electron chi connectivity index (χ1n) is 9.44. The van der Waals surface area contributed by atoms with E-state index < -0.39 is 36.2 Å². The monoisotopic (exact) mass is 479 g/mol. The van der Waals surface area contributed by atoms with E-state index in [9.17, 15) is 19.2 Å². The van der Waals surface area contributed by atoms with Crippen LogP contribution in [0.15, 0.2) is 42.5 Å². The summed E-state index contributed by atoms with van der Waals surface area (Å²) in [5.74, 6) is -2.75. The Balaban J connectivity index is 1.51. The van der Waals surface area contributed by atoms with Crippen molar-refractivity contribution in [3.63, 3.8) is 0 Å². The van der Waals surface area contributed by atoms with E-state index >= 15 is 0 Å². The highest BCUT2D eigenvalue weighted by molar-refractivity contribution is 6.36. The van der Waals surface area contributed by atoms with E-state index in [1.54, 1.807) is 24.3 Å². The summed E-state index contributed by atoms with van der Waals surface area (Å²) in [6, 6.07) is 11.1. The van der Waals surface area contributed by atoms with Crippen molar-refractivity contribution < 1.29 is 28.7 Å². The number of rotatable bonds is 7. The van der Waals surface area contributed by atoms with Crippen molar-refractivity contribution in [3.8, 4) is 5.75 Å². The molecule has 0 bridgehead atoms. The molecule has 9 nitrogen and oxygen atoms in total. The van der Waals surface area contributed by atoms with Crippen molar-refractivity contribution in [2.24, 2.45) is 5.92 Å². The van der Waals surface area contributed by atoms with Crippen LogP contribution in [-0.2, 0) is 19.1 Å². The standard InChI is InChI=1S/C21H19Cl2N3O6/c1-31-17-5-3-2-4-16(17)24-18(27)11-32-21(30)12-8-19(28)26(10-12)25-20(29)14-7-6-13(22)9-15(14)23/h2-7,9,12H,8,10-11H2,1H3,(H,24,27)(H,25,29)/t12-/m0/s1. The molecule has 1 atom stereocenters. The van der Waals surface area contributed by atoms with Crippen LogP contribution in [0.2, 0.25) is 10.0 Å². The van der Waals surface area contributed by atoms with E-state index in [0.717, 1.165) is 5.01 Å². The topological polar surface area (TPSA) is 114 Å². The summed E-state index contributed by atoms with van der Waals surface area (Å²) < 4.78 is 10.2. The van der Waals surface area contributed by atoms with Crippen molar-refractivity contribution in [2.45, 2.75) is 6.42 Å². The fourth-order valence-electron chi connectivity index (χ4n) is 3.02. The lowest BCUT2D eigenvalue weighted by molar-refractivity contribution is -0.151. The second-order valence-corrected chi connectivity index (χ2v) is 7.67. The van der Waals surface area contributed by atoms with E-state index in [1.165, 1.54) is 25.3 Å². The van der Waals surface area contributed by atoms with Crippen molar-refractivity contribution in [1.29, 1.82) is 0 Å². The minimum atomic E-state index is -0.831. The third kappa shape index (κ3) is 5.68. The third-order valence-electron chi connectivity index (χ3n) is 4.60. The van der Waals surface area contributed by atoms with Gasteiger partial charge in [0.1, 0.15) is 5.75 Å². The van der Waals surface area contributed by atoms with Gasteiger partial charge < -0.3 is 14.8 Å². The van der Waals surface area contributed by atoms with Crippen LogP contribution in [-0.4, -0.2) is 49.0 Å². The summed E-state index contributed by atoms with van der Waals surface area (Å²) in [5, 5.41) is 4.09. The fourth-order valence-corrected chi connectivity index (χ4v) is 3.51. The number of halogens is 2. The lowest BCUT2D eigenvalue weighted by Gasteiger charge is -2.18. The molecule has 2 N–H and O–H groups in total. The molecule has 0 aliphatic carbocycles. The Labute approximate surface area is 193 Å². The van der Waals surface area contributed by atoms with Gasteiger partial charge in [0.05, 0.1) is 35.8 Å². The van der Waals surface area contributed by atoms with Crippen LogP contribution in [0.5, 0.6) is 5.75 Å². The summed E-state index contributed by atoms with van der Waals surface area (Å²) in [6.45, 7) is -0.628. The van der Waals surface area contributed by atoms with E-state index in [1.807, 2.05) is 0 Å². The molecular formula is C21H19Cl2N3O6. The van der Waals surface area contributed by atoms with Crippen LogP contribution >= 0.6 is 23.2 Å². The molecule has 2 aromatic carbocycles. The van der Waals surface area contributed by atoms with Crippen molar-refractivity contribution >= 4 is 52.6 Å². The number of anilines is 1. The highest BCUT2D eigenvalue weighted by Crippen LogP contribution is 2.24. The number of methoxy groups -OCH3 is 1. The van der Waals surface area contributed by atoms with Gasteiger partial charge in [-0.15, -0.1) is 0 Å². The summed E-state index contributed by atoms with van der Waals surface area (Å²) in [6.07, 6.45) is -0.165. The van der Waals surface area contributed by atoms with E-state index in [4.69, 9.17) is 32.7 Å². The van der Waals surface area contributed by atoms with Crippen LogP contribution < -0.4 is 15.5 Å². The molecule has 1 heterocycles. The van der Waals surface area contributed by atoms with Gasteiger partial charge in [-0.1, -0.05) is 35.3 Å². The molecule has 0 radical (unpaired) electrons. The highest BCUT2D eigenvalue weighted by atomic mass is 35.5. The van der Waals surface area contributed by atoms with Gasteiger partial charge in [-0.2, -0.15) is 0 Å². The molecular weight excluding hydrogens is 461 g/mol. The molecule has 3 amide bonds. The van der Waals surface area contributed by atoms with E-state index in [0.29, 0.717) is 16.5 Å². The van der Waals surface area contributed by atoms with Crippen molar-refractivity contribution in [2.75, 3.05) is 25.6 Å². The quantitative estimate of drug-likeness (QED) is 0.590. The molecule has 32 heavy (non-hydrogen) atoms. The number of esters is 1. The van der Waals surface area contributed by atoms with Crippen LogP contribution in [0.25, 0.3) is 0 Å². The Morgan fingerprint density at radius 2 is 1.91 bits per heavy atom. The third-order valence-corrected chi connectivity index (χ3v) is 5.15. The molecule has 1 aliphatic rings. The Hall–Kier alpha value is -3.30. The zero-order valence-corrected chi connectivity index (χ0v) is 18.4. The van der Waals surface area contributed by atoms with Crippen molar-refractivity contribution in [3.05, 3.63) is 58.1 Å².